The molecule has 0 aliphatic heterocycles. The number of thiophene rings is 1. The molecular formula is C8H11NOS. The molecule has 3 heteroatoms. The first-order valence-electron chi connectivity index (χ1n) is 3.42. The van der Waals surface area contributed by atoms with Gasteiger partial charge in [0.25, 0.3) is 0 Å². The molecule has 0 aromatic carbocycles. The first-order valence-corrected chi connectivity index (χ1v) is 4.30. The zero-order valence-electron chi connectivity index (χ0n) is 6.41. The van der Waals surface area contributed by atoms with Crippen molar-refractivity contribution in [3.8, 4) is 0 Å². The molecule has 1 aromatic rings. The van der Waals surface area contributed by atoms with Crippen LogP contribution >= 0.6 is 11.3 Å². The first-order chi connectivity index (χ1) is 5.43. The second kappa shape index (κ2) is 5.07. The van der Waals surface area contributed by atoms with Crippen molar-refractivity contribution in [2.75, 3.05) is 13.7 Å². The predicted octanol–water partition coefficient (Wildman–Crippen LogP) is 1.91. The van der Waals surface area contributed by atoms with Crippen molar-refractivity contribution in [1.82, 2.24) is 5.48 Å². The molecule has 1 rings (SSSR count). The number of nitrogens with one attached hydrogen (secondary N) is 1. The Labute approximate surface area is 70.5 Å². The number of hydrogen-bond donors (Lipinski definition) is 1. The zero-order chi connectivity index (χ0) is 7.94. The van der Waals surface area contributed by atoms with Gasteiger partial charge in [0.15, 0.2) is 0 Å². The van der Waals surface area contributed by atoms with Crippen molar-refractivity contribution < 1.29 is 4.84 Å². The summed E-state index contributed by atoms with van der Waals surface area (Å²) >= 11 is 1.72. The molecule has 2 nitrogen and oxygen atoms in total. The topological polar surface area (TPSA) is 21.3 Å². The van der Waals surface area contributed by atoms with Crippen LogP contribution in [-0.4, -0.2) is 13.7 Å². The molecule has 60 valence electrons. The summed E-state index contributed by atoms with van der Waals surface area (Å²) < 4.78 is 0. The second-order valence-electron chi connectivity index (χ2n) is 1.93. The van der Waals surface area contributed by atoms with E-state index in [1.54, 1.807) is 18.4 Å². The Kier molecular flexibility index (Phi) is 3.90. The molecule has 1 heterocycles. The van der Waals surface area contributed by atoms with Crippen LogP contribution in [0.1, 0.15) is 4.88 Å². The van der Waals surface area contributed by atoms with Crippen LogP contribution in [0.2, 0.25) is 0 Å². The summed E-state index contributed by atoms with van der Waals surface area (Å²) in [5.74, 6) is 0. The second-order valence-corrected chi connectivity index (χ2v) is 2.91. The van der Waals surface area contributed by atoms with E-state index in [9.17, 15) is 0 Å². The minimum Gasteiger partial charge on any atom is -0.298 e. The van der Waals surface area contributed by atoms with Crippen molar-refractivity contribution in [2.24, 2.45) is 0 Å². The van der Waals surface area contributed by atoms with Crippen LogP contribution in [-0.2, 0) is 4.84 Å². The van der Waals surface area contributed by atoms with Gasteiger partial charge < -0.3 is 0 Å². The lowest BCUT2D eigenvalue weighted by atomic mass is 10.4. The molecule has 0 atom stereocenters. The standard InChI is InChI=1S/C8H11NOS/c1-9-10-6-2-4-8-5-3-7-11-8/h2-5,7,9H,6H2,1H3/b4-2+. The number of rotatable bonds is 4. The number of hydroxylamine groups is 1. The van der Waals surface area contributed by atoms with Gasteiger partial charge in [0.1, 0.15) is 0 Å². The Hall–Kier alpha value is -0.640. The molecule has 0 amide bonds. The van der Waals surface area contributed by atoms with Gasteiger partial charge in [-0.3, -0.25) is 4.84 Å². The quantitative estimate of drug-likeness (QED) is 0.549. The Morgan fingerprint density at radius 2 is 2.64 bits per heavy atom. The lowest BCUT2D eigenvalue weighted by molar-refractivity contribution is 0.0814. The van der Waals surface area contributed by atoms with Gasteiger partial charge in [0, 0.05) is 11.9 Å². The fraction of sp³-hybridized carbons (Fsp3) is 0.250. The first kappa shape index (κ1) is 8.46. The van der Waals surface area contributed by atoms with E-state index in [1.807, 2.05) is 18.2 Å². The summed E-state index contributed by atoms with van der Waals surface area (Å²) in [5, 5.41) is 2.05. The predicted molar refractivity (Wildman–Crippen MR) is 48.4 cm³/mol. The van der Waals surface area contributed by atoms with Crippen LogP contribution in [0.4, 0.5) is 0 Å². The van der Waals surface area contributed by atoms with Crippen molar-refractivity contribution in [2.45, 2.75) is 0 Å². The third kappa shape index (κ3) is 3.32. The van der Waals surface area contributed by atoms with Crippen LogP contribution in [0, 0.1) is 0 Å². The summed E-state index contributed by atoms with van der Waals surface area (Å²) in [7, 11) is 1.75. The third-order valence-electron chi connectivity index (χ3n) is 1.15. The van der Waals surface area contributed by atoms with Crippen LogP contribution in [0.15, 0.2) is 23.6 Å². The Morgan fingerprint density at radius 3 is 3.27 bits per heavy atom. The van der Waals surface area contributed by atoms with Gasteiger partial charge >= 0.3 is 0 Å². The van der Waals surface area contributed by atoms with Gasteiger partial charge in [-0.1, -0.05) is 12.1 Å². The van der Waals surface area contributed by atoms with Crippen LogP contribution in [0.3, 0.4) is 0 Å². The van der Waals surface area contributed by atoms with Crippen molar-refractivity contribution in [1.29, 1.82) is 0 Å². The lowest BCUT2D eigenvalue weighted by Gasteiger charge is -1.92. The SMILES string of the molecule is CNOC/C=C/c1cccs1. The third-order valence-corrected chi connectivity index (χ3v) is 1.99. The summed E-state index contributed by atoms with van der Waals surface area (Å²) in [6.07, 6.45) is 4.02. The van der Waals surface area contributed by atoms with E-state index >= 15 is 0 Å². The van der Waals surface area contributed by atoms with E-state index in [0.717, 1.165) is 0 Å². The van der Waals surface area contributed by atoms with Gasteiger partial charge in [0.05, 0.1) is 6.61 Å². The molecule has 0 spiro atoms. The van der Waals surface area contributed by atoms with Crippen LogP contribution in [0.25, 0.3) is 6.08 Å². The maximum Gasteiger partial charge on any atom is 0.0867 e. The number of hydrogen-bond acceptors (Lipinski definition) is 3. The average molecular weight is 169 g/mol. The van der Waals surface area contributed by atoms with Crippen LogP contribution in [0.5, 0.6) is 0 Å². The van der Waals surface area contributed by atoms with Crippen LogP contribution < -0.4 is 5.48 Å². The normalized spacial score (nSPS) is 11.0. The molecular weight excluding hydrogens is 158 g/mol. The highest BCUT2D eigenvalue weighted by Crippen LogP contribution is 2.09. The van der Waals surface area contributed by atoms with E-state index in [1.165, 1.54) is 4.88 Å². The van der Waals surface area contributed by atoms with E-state index in [0.29, 0.717) is 6.61 Å². The molecule has 0 aliphatic rings. The largest absolute Gasteiger partial charge is 0.298 e. The van der Waals surface area contributed by atoms with E-state index < -0.39 is 0 Å². The van der Waals surface area contributed by atoms with Gasteiger partial charge in [-0.15, -0.1) is 11.3 Å². The Morgan fingerprint density at radius 1 is 1.73 bits per heavy atom. The molecule has 0 fully saturated rings. The van der Waals surface area contributed by atoms with Gasteiger partial charge in [0.2, 0.25) is 0 Å². The van der Waals surface area contributed by atoms with Crippen molar-refractivity contribution in [3.05, 3.63) is 28.5 Å². The van der Waals surface area contributed by atoms with E-state index in [4.69, 9.17) is 4.84 Å². The summed E-state index contributed by atoms with van der Waals surface area (Å²) in [5.41, 5.74) is 2.60. The fourth-order valence-electron chi connectivity index (χ4n) is 0.682. The van der Waals surface area contributed by atoms with Gasteiger partial charge in [-0.2, -0.15) is 0 Å². The highest BCUT2D eigenvalue weighted by Gasteiger charge is 1.83. The fourth-order valence-corrected chi connectivity index (χ4v) is 1.33. The highest BCUT2D eigenvalue weighted by molar-refractivity contribution is 7.10. The summed E-state index contributed by atoms with van der Waals surface area (Å²) in [4.78, 5) is 6.15. The molecule has 0 radical (unpaired) electrons. The maximum absolute atomic E-state index is 4.90. The van der Waals surface area contributed by atoms with E-state index in [2.05, 4.69) is 16.9 Å². The van der Waals surface area contributed by atoms with Gasteiger partial charge in [-0.25, -0.2) is 5.48 Å². The zero-order valence-corrected chi connectivity index (χ0v) is 7.23. The van der Waals surface area contributed by atoms with Crippen molar-refractivity contribution >= 4 is 17.4 Å². The summed E-state index contributed by atoms with van der Waals surface area (Å²) in [6, 6.07) is 4.10. The van der Waals surface area contributed by atoms with E-state index in [-0.39, 0.29) is 0 Å². The van der Waals surface area contributed by atoms with Gasteiger partial charge in [-0.05, 0) is 17.5 Å². The maximum atomic E-state index is 4.90. The highest BCUT2D eigenvalue weighted by atomic mass is 32.1. The monoisotopic (exact) mass is 169 g/mol. The molecule has 11 heavy (non-hydrogen) atoms. The lowest BCUT2D eigenvalue weighted by Crippen LogP contribution is -2.06. The minimum atomic E-state index is 0.606. The minimum absolute atomic E-state index is 0.606. The average Bonchev–Trinajstić information content (AvgIpc) is 2.50. The van der Waals surface area contributed by atoms with Crippen molar-refractivity contribution in [3.63, 3.8) is 0 Å². The smallest absolute Gasteiger partial charge is 0.0867 e. The molecule has 0 bridgehead atoms. The molecule has 1 N–H and O–H groups in total. The molecule has 0 aliphatic carbocycles. The Bertz CT molecular complexity index is 206. The molecule has 0 saturated carbocycles. The Balaban J connectivity index is 2.25. The molecule has 0 saturated heterocycles. The molecule has 0 unspecified atom stereocenters. The molecule has 1 aromatic heterocycles. The summed E-state index contributed by atoms with van der Waals surface area (Å²) in [6.45, 7) is 0.606.